The second kappa shape index (κ2) is 7.14. The summed E-state index contributed by atoms with van der Waals surface area (Å²) in [6.45, 7) is -0.458. The van der Waals surface area contributed by atoms with E-state index in [2.05, 4.69) is 15.5 Å². The number of halogens is 2. The number of thioether (sulfide) groups is 1. The van der Waals surface area contributed by atoms with Gasteiger partial charge in [0.1, 0.15) is 6.54 Å². The number of anilines is 2. The van der Waals surface area contributed by atoms with E-state index in [0.717, 1.165) is 4.90 Å². The second-order valence-electron chi connectivity index (χ2n) is 6.97. The minimum atomic E-state index is -2.74. The summed E-state index contributed by atoms with van der Waals surface area (Å²) >= 11 is 0.706. The van der Waals surface area contributed by atoms with Crippen LogP contribution in [0.15, 0.2) is 28.7 Å². The standard InChI is InChI=1S/C18H17F2N5O3S/c19-18(20)5-3-9(4-6-18)14-16(27)25(17(28)29-14)8-13(26)22-10-1-2-11-12(7-10)23-24-15(11)21/h1-2,7H,3-6,8H2,(H,22,26)(H3,21,23,24). The van der Waals surface area contributed by atoms with Crippen LogP contribution in [0, 0.1) is 0 Å². The van der Waals surface area contributed by atoms with E-state index in [9.17, 15) is 23.2 Å². The lowest BCUT2D eigenvalue weighted by atomic mass is 9.91. The molecule has 0 atom stereocenters. The summed E-state index contributed by atoms with van der Waals surface area (Å²) in [6, 6.07) is 4.95. The van der Waals surface area contributed by atoms with Crippen LogP contribution in [-0.2, 0) is 9.59 Å². The first-order valence-corrected chi connectivity index (χ1v) is 9.72. The number of aromatic nitrogens is 2. The van der Waals surface area contributed by atoms with Crippen LogP contribution in [0.4, 0.5) is 25.1 Å². The number of nitrogens with zero attached hydrogens (tertiary/aromatic N) is 2. The Labute approximate surface area is 167 Å². The van der Waals surface area contributed by atoms with Crippen molar-refractivity contribution in [3.8, 4) is 0 Å². The smallest absolute Gasteiger partial charge is 0.294 e. The largest absolute Gasteiger partial charge is 0.382 e. The molecule has 0 unspecified atom stereocenters. The molecule has 4 N–H and O–H groups in total. The zero-order chi connectivity index (χ0) is 20.8. The second-order valence-corrected chi connectivity index (χ2v) is 7.93. The van der Waals surface area contributed by atoms with E-state index in [1.165, 1.54) is 0 Å². The average Bonchev–Trinajstić information content (AvgIpc) is 3.16. The van der Waals surface area contributed by atoms with E-state index in [0.29, 0.717) is 39.7 Å². The normalized spacial score (nSPS) is 19.3. The molecule has 1 aliphatic carbocycles. The fraction of sp³-hybridized carbons (Fsp3) is 0.333. The minimum absolute atomic E-state index is 0.0711. The fourth-order valence-electron chi connectivity index (χ4n) is 3.36. The van der Waals surface area contributed by atoms with Crippen LogP contribution in [-0.4, -0.2) is 44.6 Å². The van der Waals surface area contributed by atoms with Gasteiger partial charge in [-0.1, -0.05) is 5.57 Å². The van der Waals surface area contributed by atoms with Gasteiger partial charge in [-0.15, -0.1) is 0 Å². The Morgan fingerprint density at radius 2 is 2.03 bits per heavy atom. The van der Waals surface area contributed by atoms with Gasteiger partial charge in [0.25, 0.3) is 11.1 Å². The SMILES string of the molecule is Nc1n[nH]c2cc(NC(=O)CN3C(=O)SC(=C4CCC(F)(F)CC4)C3=O)ccc12. The van der Waals surface area contributed by atoms with E-state index in [-0.39, 0.29) is 30.6 Å². The monoisotopic (exact) mass is 421 g/mol. The first kappa shape index (κ1) is 19.4. The summed E-state index contributed by atoms with van der Waals surface area (Å²) in [7, 11) is 0. The van der Waals surface area contributed by atoms with Crippen LogP contribution in [0.1, 0.15) is 25.7 Å². The molecule has 11 heteroatoms. The van der Waals surface area contributed by atoms with Gasteiger partial charge in [-0.25, -0.2) is 8.78 Å². The highest BCUT2D eigenvalue weighted by Crippen LogP contribution is 2.42. The number of nitrogen functional groups attached to an aromatic ring is 1. The van der Waals surface area contributed by atoms with Crippen molar-refractivity contribution >= 4 is 51.2 Å². The summed E-state index contributed by atoms with van der Waals surface area (Å²) in [6.07, 6.45) is -0.534. The molecule has 0 spiro atoms. The molecule has 0 bridgehead atoms. The number of imide groups is 1. The third-order valence-corrected chi connectivity index (χ3v) is 6.00. The quantitative estimate of drug-likeness (QED) is 0.654. The lowest BCUT2D eigenvalue weighted by molar-refractivity contribution is -0.127. The van der Waals surface area contributed by atoms with Gasteiger partial charge in [0.2, 0.25) is 11.8 Å². The Hall–Kier alpha value is -2.95. The number of carbonyl (C=O) groups excluding carboxylic acids is 3. The Morgan fingerprint density at radius 3 is 2.76 bits per heavy atom. The van der Waals surface area contributed by atoms with Crippen molar-refractivity contribution < 1.29 is 23.2 Å². The van der Waals surface area contributed by atoms with Crippen molar-refractivity contribution in [3.63, 3.8) is 0 Å². The molecule has 1 saturated carbocycles. The number of aromatic amines is 1. The molecule has 0 radical (unpaired) electrons. The van der Waals surface area contributed by atoms with Crippen molar-refractivity contribution in [3.05, 3.63) is 28.7 Å². The molecule has 2 aliphatic rings. The number of nitrogens with one attached hydrogen (secondary N) is 2. The topological polar surface area (TPSA) is 121 Å². The fourth-order valence-corrected chi connectivity index (χ4v) is 4.34. The number of fused-ring (bicyclic) bond motifs is 1. The summed E-state index contributed by atoms with van der Waals surface area (Å²) in [5.74, 6) is -3.56. The highest BCUT2D eigenvalue weighted by atomic mass is 32.2. The summed E-state index contributed by atoms with van der Waals surface area (Å²) in [4.78, 5) is 38.1. The van der Waals surface area contributed by atoms with Crippen LogP contribution in [0.5, 0.6) is 0 Å². The number of carbonyl (C=O) groups is 3. The number of benzene rings is 1. The van der Waals surface area contributed by atoms with Gasteiger partial charge in [0.05, 0.1) is 10.4 Å². The number of alkyl halides is 2. The Bertz CT molecular complexity index is 1050. The van der Waals surface area contributed by atoms with Crippen LogP contribution < -0.4 is 11.1 Å². The maximum atomic E-state index is 13.3. The molecule has 1 aliphatic heterocycles. The lowest BCUT2D eigenvalue weighted by Crippen LogP contribution is -2.36. The first-order chi connectivity index (χ1) is 13.7. The maximum Gasteiger partial charge on any atom is 0.294 e. The van der Waals surface area contributed by atoms with Crippen LogP contribution in [0.3, 0.4) is 0 Å². The third kappa shape index (κ3) is 3.82. The number of hydrogen-bond acceptors (Lipinski definition) is 6. The summed E-state index contributed by atoms with van der Waals surface area (Å²) in [5.41, 5.74) is 7.34. The molecule has 29 heavy (non-hydrogen) atoms. The van der Waals surface area contributed by atoms with E-state index in [1.54, 1.807) is 18.2 Å². The van der Waals surface area contributed by atoms with Crippen LogP contribution in [0.25, 0.3) is 10.9 Å². The highest BCUT2D eigenvalue weighted by molar-refractivity contribution is 8.18. The molecule has 1 aromatic heterocycles. The van der Waals surface area contributed by atoms with Gasteiger partial charge in [-0.2, -0.15) is 5.10 Å². The highest BCUT2D eigenvalue weighted by Gasteiger charge is 2.41. The van der Waals surface area contributed by atoms with E-state index < -0.39 is 29.5 Å². The van der Waals surface area contributed by atoms with Crippen molar-refractivity contribution in [1.29, 1.82) is 0 Å². The van der Waals surface area contributed by atoms with Crippen molar-refractivity contribution in [2.45, 2.75) is 31.6 Å². The lowest BCUT2D eigenvalue weighted by Gasteiger charge is -2.24. The number of rotatable bonds is 3. The van der Waals surface area contributed by atoms with Gasteiger partial charge < -0.3 is 11.1 Å². The predicted molar refractivity (Wildman–Crippen MR) is 104 cm³/mol. The van der Waals surface area contributed by atoms with E-state index in [4.69, 9.17) is 5.73 Å². The number of hydrogen-bond donors (Lipinski definition) is 3. The van der Waals surface area contributed by atoms with Gasteiger partial charge in [-0.05, 0) is 42.8 Å². The molecule has 1 aromatic carbocycles. The molecule has 3 amide bonds. The first-order valence-electron chi connectivity index (χ1n) is 8.90. The van der Waals surface area contributed by atoms with Crippen molar-refractivity contribution in [2.24, 2.45) is 0 Å². The number of H-pyrrole nitrogens is 1. The third-order valence-electron chi connectivity index (χ3n) is 4.93. The van der Waals surface area contributed by atoms with Crippen LogP contribution in [0.2, 0.25) is 0 Å². The van der Waals surface area contributed by atoms with Gasteiger partial charge in [-0.3, -0.25) is 24.4 Å². The molecule has 152 valence electrons. The minimum Gasteiger partial charge on any atom is -0.382 e. The number of amides is 3. The number of allylic oxidation sites excluding steroid dienone is 1. The molecular formula is C18H17F2N5O3S. The number of nitrogens with two attached hydrogens (primary N) is 1. The zero-order valence-corrected chi connectivity index (χ0v) is 15.9. The summed E-state index contributed by atoms with van der Waals surface area (Å²) < 4.78 is 26.7. The molecule has 8 nitrogen and oxygen atoms in total. The molecule has 2 aromatic rings. The Balaban J connectivity index is 1.43. The van der Waals surface area contributed by atoms with Crippen molar-refractivity contribution in [2.75, 3.05) is 17.6 Å². The van der Waals surface area contributed by atoms with E-state index in [1.807, 2.05) is 0 Å². The summed E-state index contributed by atoms with van der Waals surface area (Å²) in [5, 5.41) is 9.34. The zero-order valence-electron chi connectivity index (χ0n) is 15.1. The van der Waals surface area contributed by atoms with Crippen molar-refractivity contribution in [1.82, 2.24) is 15.1 Å². The molecule has 1 saturated heterocycles. The van der Waals surface area contributed by atoms with E-state index >= 15 is 0 Å². The molecule has 4 rings (SSSR count). The Kier molecular flexibility index (Phi) is 4.77. The van der Waals surface area contributed by atoms with Gasteiger partial charge in [0.15, 0.2) is 5.82 Å². The van der Waals surface area contributed by atoms with Crippen LogP contribution >= 0.6 is 11.8 Å². The molecule has 2 heterocycles. The molecule has 2 fully saturated rings. The maximum absolute atomic E-state index is 13.3. The predicted octanol–water partition coefficient (Wildman–Crippen LogP) is 3.24. The molecular weight excluding hydrogens is 404 g/mol. The average molecular weight is 421 g/mol. The van der Waals surface area contributed by atoms with Gasteiger partial charge >= 0.3 is 0 Å². The Morgan fingerprint density at radius 1 is 1.31 bits per heavy atom. The van der Waals surface area contributed by atoms with Gasteiger partial charge in [0, 0.05) is 23.9 Å².